The topological polar surface area (TPSA) is 125 Å². The quantitative estimate of drug-likeness (QED) is 0.534. The second-order valence-corrected chi connectivity index (χ2v) is 8.78. The number of piperidine rings is 1. The fourth-order valence-electron chi connectivity index (χ4n) is 4.71. The summed E-state index contributed by atoms with van der Waals surface area (Å²) in [6.45, 7) is 1.08. The molecule has 1 heterocycles. The van der Waals surface area contributed by atoms with Crippen molar-refractivity contribution < 1.29 is 29.0 Å². The summed E-state index contributed by atoms with van der Waals surface area (Å²) in [5.41, 5.74) is 4.24. The zero-order chi connectivity index (χ0) is 24.8. The molecular weight excluding hydrogens is 450 g/mol. The van der Waals surface area contributed by atoms with Crippen LogP contribution in [0.4, 0.5) is 4.79 Å². The van der Waals surface area contributed by atoms with Gasteiger partial charge in [0.25, 0.3) is 0 Å². The van der Waals surface area contributed by atoms with E-state index < -0.39 is 30.4 Å². The molecule has 0 radical (unpaired) electrons. The molecule has 1 fully saturated rings. The Morgan fingerprint density at radius 1 is 0.943 bits per heavy atom. The van der Waals surface area contributed by atoms with Crippen molar-refractivity contribution in [3.05, 3.63) is 59.7 Å². The van der Waals surface area contributed by atoms with E-state index in [0.717, 1.165) is 41.5 Å². The number of carboxylic acids is 1. The van der Waals surface area contributed by atoms with E-state index >= 15 is 0 Å². The molecule has 9 nitrogen and oxygen atoms in total. The van der Waals surface area contributed by atoms with Crippen LogP contribution in [0.2, 0.25) is 0 Å². The molecule has 1 unspecified atom stereocenters. The van der Waals surface area contributed by atoms with E-state index in [1.54, 1.807) is 4.90 Å². The summed E-state index contributed by atoms with van der Waals surface area (Å²) in [5, 5.41) is 14.0. The molecule has 0 saturated carbocycles. The second-order valence-electron chi connectivity index (χ2n) is 8.78. The molecule has 1 atom stereocenters. The molecule has 4 rings (SSSR count). The lowest BCUT2D eigenvalue weighted by molar-refractivity contribution is -0.140. The number of nitrogens with one attached hydrogen (secondary N) is 2. The second kappa shape index (κ2) is 11.0. The lowest BCUT2D eigenvalue weighted by atomic mass is 9.98. The number of nitrogens with zero attached hydrogens (tertiary/aromatic N) is 1. The number of aliphatic carboxylic acids is 1. The number of rotatable bonds is 8. The molecule has 1 aliphatic heterocycles. The summed E-state index contributed by atoms with van der Waals surface area (Å²) in [6.07, 6.45) is 1.39. The van der Waals surface area contributed by atoms with E-state index in [0.29, 0.717) is 13.1 Å². The fourth-order valence-corrected chi connectivity index (χ4v) is 4.71. The first-order chi connectivity index (χ1) is 16.9. The molecule has 2 aromatic rings. The lowest BCUT2D eigenvalue weighted by Crippen LogP contribution is -2.51. The Hall–Kier alpha value is -3.88. The van der Waals surface area contributed by atoms with Crippen LogP contribution in [0.5, 0.6) is 0 Å². The van der Waals surface area contributed by atoms with Crippen molar-refractivity contribution in [3.63, 3.8) is 0 Å². The maximum Gasteiger partial charge on any atom is 0.407 e. The lowest BCUT2D eigenvalue weighted by Gasteiger charge is -2.27. The number of carbonyl (C=O) groups excluding carboxylic acids is 3. The number of benzene rings is 2. The number of ether oxygens (including phenoxy) is 1. The van der Waals surface area contributed by atoms with Crippen LogP contribution in [-0.2, 0) is 19.1 Å². The van der Waals surface area contributed by atoms with Gasteiger partial charge in [0, 0.05) is 19.0 Å². The SMILES string of the molecule is O=C(O)CC(NC(=O)OCC1c2ccccc2-c2ccccc21)C(=O)NCC(=O)N1CCCCC1. The number of carbonyl (C=O) groups is 4. The van der Waals surface area contributed by atoms with Gasteiger partial charge in [0.2, 0.25) is 11.8 Å². The first-order valence-corrected chi connectivity index (χ1v) is 11.8. The van der Waals surface area contributed by atoms with Crippen molar-refractivity contribution in [2.24, 2.45) is 0 Å². The van der Waals surface area contributed by atoms with Crippen LogP contribution in [0.15, 0.2) is 48.5 Å². The molecule has 2 aromatic carbocycles. The van der Waals surface area contributed by atoms with Gasteiger partial charge in [-0.3, -0.25) is 14.4 Å². The summed E-state index contributed by atoms with van der Waals surface area (Å²) < 4.78 is 5.42. The Labute approximate surface area is 203 Å². The van der Waals surface area contributed by atoms with Gasteiger partial charge >= 0.3 is 12.1 Å². The van der Waals surface area contributed by atoms with Crippen molar-refractivity contribution in [1.29, 1.82) is 0 Å². The molecule has 3 amide bonds. The van der Waals surface area contributed by atoms with Gasteiger partial charge in [0.15, 0.2) is 0 Å². The van der Waals surface area contributed by atoms with Crippen LogP contribution in [0, 0.1) is 0 Å². The predicted octanol–water partition coefficient (Wildman–Crippen LogP) is 2.50. The van der Waals surface area contributed by atoms with Gasteiger partial charge in [0.05, 0.1) is 13.0 Å². The normalized spacial score (nSPS) is 15.5. The highest BCUT2D eigenvalue weighted by atomic mass is 16.5. The highest BCUT2D eigenvalue weighted by molar-refractivity contribution is 5.92. The average molecular weight is 480 g/mol. The minimum Gasteiger partial charge on any atom is -0.481 e. The number of hydrogen-bond donors (Lipinski definition) is 3. The van der Waals surface area contributed by atoms with Gasteiger partial charge in [-0.25, -0.2) is 4.79 Å². The number of carboxylic acid groups (broad SMARTS) is 1. The summed E-state index contributed by atoms with van der Waals surface area (Å²) in [6, 6.07) is 14.4. The zero-order valence-corrected chi connectivity index (χ0v) is 19.4. The Kier molecular flexibility index (Phi) is 7.64. The highest BCUT2D eigenvalue weighted by Gasteiger charge is 2.30. The third kappa shape index (κ3) is 5.79. The van der Waals surface area contributed by atoms with E-state index in [4.69, 9.17) is 4.74 Å². The standard InChI is InChI=1S/C26H29N3O6/c30-23(29-12-6-1-7-13-29)15-27-25(33)22(14-24(31)32)28-26(34)35-16-21-19-10-4-2-8-17(19)18-9-3-5-11-20(18)21/h2-5,8-11,21-22H,1,6-7,12-16H2,(H,27,33)(H,28,34)(H,31,32). The van der Waals surface area contributed by atoms with Gasteiger partial charge in [-0.05, 0) is 41.5 Å². The zero-order valence-electron chi connectivity index (χ0n) is 19.4. The van der Waals surface area contributed by atoms with E-state index in [9.17, 15) is 24.3 Å². The third-order valence-electron chi connectivity index (χ3n) is 6.45. The van der Waals surface area contributed by atoms with Crippen molar-refractivity contribution in [1.82, 2.24) is 15.5 Å². The first kappa shape index (κ1) is 24.3. The number of hydrogen-bond acceptors (Lipinski definition) is 5. The molecule has 3 N–H and O–H groups in total. The fraction of sp³-hybridized carbons (Fsp3) is 0.385. The summed E-state index contributed by atoms with van der Waals surface area (Å²) in [5.74, 6) is -2.40. The monoisotopic (exact) mass is 479 g/mol. The van der Waals surface area contributed by atoms with Gasteiger partial charge < -0.3 is 25.4 Å². The molecular formula is C26H29N3O6. The average Bonchev–Trinajstić information content (AvgIpc) is 3.19. The number of amides is 3. The maximum atomic E-state index is 12.6. The minimum absolute atomic E-state index is 0.0364. The molecule has 35 heavy (non-hydrogen) atoms. The number of fused-ring (bicyclic) bond motifs is 3. The molecule has 1 aliphatic carbocycles. The Morgan fingerprint density at radius 3 is 2.14 bits per heavy atom. The van der Waals surface area contributed by atoms with Gasteiger partial charge in [-0.2, -0.15) is 0 Å². The molecule has 0 bridgehead atoms. The molecule has 184 valence electrons. The van der Waals surface area contributed by atoms with Gasteiger partial charge in [-0.15, -0.1) is 0 Å². The Morgan fingerprint density at radius 2 is 1.54 bits per heavy atom. The summed E-state index contributed by atoms with van der Waals surface area (Å²) in [4.78, 5) is 50.4. The van der Waals surface area contributed by atoms with Crippen molar-refractivity contribution >= 4 is 23.9 Å². The van der Waals surface area contributed by atoms with Crippen molar-refractivity contribution in [2.45, 2.75) is 37.6 Å². The summed E-state index contributed by atoms with van der Waals surface area (Å²) in [7, 11) is 0. The van der Waals surface area contributed by atoms with Crippen molar-refractivity contribution in [3.8, 4) is 11.1 Å². The molecule has 2 aliphatic rings. The van der Waals surface area contributed by atoms with E-state index in [2.05, 4.69) is 10.6 Å². The summed E-state index contributed by atoms with van der Waals surface area (Å²) >= 11 is 0. The van der Waals surface area contributed by atoms with E-state index in [1.165, 1.54) is 0 Å². The van der Waals surface area contributed by atoms with Crippen LogP contribution in [0.1, 0.15) is 42.7 Å². The van der Waals surface area contributed by atoms with E-state index in [-0.39, 0.29) is 25.0 Å². The van der Waals surface area contributed by atoms with E-state index in [1.807, 2.05) is 48.5 Å². The first-order valence-electron chi connectivity index (χ1n) is 11.8. The maximum absolute atomic E-state index is 12.6. The van der Waals surface area contributed by atoms with Crippen LogP contribution in [0.25, 0.3) is 11.1 Å². The predicted molar refractivity (Wildman–Crippen MR) is 128 cm³/mol. The molecule has 1 saturated heterocycles. The minimum atomic E-state index is -1.36. The van der Waals surface area contributed by atoms with Gasteiger partial charge in [0.1, 0.15) is 12.6 Å². The third-order valence-corrected chi connectivity index (χ3v) is 6.45. The Balaban J connectivity index is 1.34. The molecule has 0 aromatic heterocycles. The van der Waals surface area contributed by atoms with Crippen LogP contribution >= 0.6 is 0 Å². The van der Waals surface area contributed by atoms with Crippen molar-refractivity contribution in [2.75, 3.05) is 26.2 Å². The molecule has 0 spiro atoms. The van der Waals surface area contributed by atoms with Gasteiger partial charge in [-0.1, -0.05) is 48.5 Å². The number of likely N-dealkylation sites (tertiary alicyclic amines) is 1. The number of alkyl carbamates (subject to hydrolysis) is 1. The largest absolute Gasteiger partial charge is 0.481 e. The van der Waals surface area contributed by atoms with Crippen LogP contribution in [-0.4, -0.2) is 66.2 Å². The Bertz CT molecular complexity index is 1070. The highest BCUT2D eigenvalue weighted by Crippen LogP contribution is 2.44. The smallest absolute Gasteiger partial charge is 0.407 e. The molecule has 9 heteroatoms. The van der Waals surface area contributed by atoms with Crippen LogP contribution in [0.3, 0.4) is 0 Å². The van der Waals surface area contributed by atoms with Crippen LogP contribution < -0.4 is 10.6 Å².